The van der Waals surface area contributed by atoms with Crippen LogP contribution in [0.5, 0.6) is 0 Å². The molecule has 1 aromatic carbocycles. The zero-order valence-electron chi connectivity index (χ0n) is 18.4. The van der Waals surface area contributed by atoms with Gasteiger partial charge in [0.25, 0.3) is 5.91 Å². The van der Waals surface area contributed by atoms with Crippen LogP contribution in [0, 0.1) is 0 Å². The highest BCUT2D eigenvalue weighted by atomic mass is 32.2. The van der Waals surface area contributed by atoms with Gasteiger partial charge in [0.2, 0.25) is 0 Å². The zero-order valence-corrected chi connectivity index (χ0v) is 19.2. The number of nitrogens with one attached hydrogen (secondary N) is 2. The van der Waals surface area contributed by atoms with Crippen molar-refractivity contribution < 1.29 is 9.53 Å². The highest BCUT2D eigenvalue weighted by Gasteiger charge is 2.14. The highest BCUT2D eigenvalue weighted by Crippen LogP contribution is 2.24. The minimum atomic E-state index is -0.112. The number of anilines is 2. The summed E-state index contributed by atoms with van der Waals surface area (Å²) < 4.78 is 6.92. The van der Waals surface area contributed by atoms with E-state index in [2.05, 4.69) is 32.6 Å². The van der Waals surface area contributed by atoms with E-state index in [4.69, 9.17) is 4.74 Å². The molecule has 0 fully saturated rings. The number of hydrogen-bond acceptors (Lipinski definition) is 8. The summed E-state index contributed by atoms with van der Waals surface area (Å²) >= 11 is 1.58. The summed E-state index contributed by atoms with van der Waals surface area (Å²) in [5.74, 6) is 1.51. The predicted octanol–water partition coefficient (Wildman–Crippen LogP) is 2.49. The molecule has 0 saturated carbocycles. The number of aromatic nitrogens is 4. The number of rotatable bonds is 11. The number of nitrogens with zero attached hydrogens (tertiary/aromatic N) is 5. The fourth-order valence-electron chi connectivity index (χ4n) is 3.00. The molecule has 3 aromatic rings. The molecule has 0 saturated heterocycles. The van der Waals surface area contributed by atoms with E-state index in [1.54, 1.807) is 29.8 Å². The van der Waals surface area contributed by atoms with Crippen molar-refractivity contribution in [1.29, 1.82) is 0 Å². The van der Waals surface area contributed by atoms with Gasteiger partial charge in [0.1, 0.15) is 5.82 Å². The van der Waals surface area contributed by atoms with Gasteiger partial charge >= 0.3 is 0 Å². The largest absolute Gasteiger partial charge is 0.383 e. The van der Waals surface area contributed by atoms with E-state index in [-0.39, 0.29) is 5.91 Å². The van der Waals surface area contributed by atoms with Gasteiger partial charge in [-0.25, -0.2) is 14.6 Å². The molecule has 2 heterocycles. The van der Waals surface area contributed by atoms with Gasteiger partial charge in [-0.2, -0.15) is 5.10 Å². The second-order valence-electron chi connectivity index (χ2n) is 7.01. The molecule has 0 aliphatic carbocycles. The average Bonchev–Trinajstić information content (AvgIpc) is 3.17. The third-order valence-electron chi connectivity index (χ3n) is 4.58. The topological polar surface area (TPSA) is 97.2 Å². The minimum absolute atomic E-state index is 0.112. The molecule has 9 nitrogen and oxygen atoms in total. The third kappa shape index (κ3) is 5.86. The van der Waals surface area contributed by atoms with Crippen molar-refractivity contribution in [2.45, 2.75) is 18.6 Å². The number of carbonyl (C=O) groups is 1. The van der Waals surface area contributed by atoms with Crippen LogP contribution in [-0.4, -0.2) is 72.3 Å². The van der Waals surface area contributed by atoms with Crippen molar-refractivity contribution in [3.8, 4) is 0 Å². The number of methoxy groups -OCH3 is 1. The van der Waals surface area contributed by atoms with Crippen LogP contribution in [-0.2, 0) is 11.3 Å². The van der Waals surface area contributed by atoms with Crippen molar-refractivity contribution in [1.82, 2.24) is 25.1 Å². The number of fused-ring (bicyclic) bond motifs is 1. The lowest BCUT2D eigenvalue weighted by Gasteiger charge is -2.13. The smallest absolute Gasteiger partial charge is 0.251 e. The lowest BCUT2D eigenvalue weighted by molar-refractivity contribution is 0.0952. The number of carbonyl (C=O) groups excluding carboxylic acids is 1. The Kier molecular flexibility index (Phi) is 8.07. The van der Waals surface area contributed by atoms with Crippen molar-refractivity contribution in [3.63, 3.8) is 0 Å². The van der Waals surface area contributed by atoms with Gasteiger partial charge in [-0.15, -0.1) is 0 Å². The van der Waals surface area contributed by atoms with Crippen LogP contribution in [0.1, 0.15) is 17.3 Å². The Balaban J connectivity index is 1.71. The van der Waals surface area contributed by atoms with Crippen LogP contribution in [0.15, 0.2) is 35.6 Å². The van der Waals surface area contributed by atoms with Crippen molar-refractivity contribution >= 4 is 40.2 Å². The minimum Gasteiger partial charge on any atom is -0.383 e. The Labute approximate surface area is 186 Å². The van der Waals surface area contributed by atoms with Gasteiger partial charge in [0.05, 0.1) is 24.7 Å². The molecular weight excluding hydrogens is 414 g/mol. The van der Waals surface area contributed by atoms with E-state index in [9.17, 15) is 4.79 Å². The van der Waals surface area contributed by atoms with E-state index < -0.39 is 0 Å². The molecule has 2 aromatic heterocycles. The van der Waals surface area contributed by atoms with E-state index in [1.165, 1.54) is 0 Å². The molecule has 0 bridgehead atoms. The zero-order chi connectivity index (χ0) is 22.2. The molecule has 10 heteroatoms. The van der Waals surface area contributed by atoms with Crippen LogP contribution >= 0.6 is 11.8 Å². The maximum Gasteiger partial charge on any atom is 0.251 e. The number of hydrogen-bond donors (Lipinski definition) is 2. The number of benzene rings is 1. The van der Waals surface area contributed by atoms with Gasteiger partial charge in [-0.3, -0.25) is 4.79 Å². The second kappa shape index (κ2) is 11.0. The van der Waals surface area contributed by atoms with Crippen molar-refractivity contribution in [2.24, 2.45) is 0 Å². The average molecular weight is 444 g/mol. The van der Waals surface area contributed by atoms with E-state index >= 15 is 0 Å². The molecule has 166 valence electrons. The van der Waals surface area contributed by atoms with Crippen molar-refractivity contribution in [2.75, 3.05) is 56.9 Å². The normalized spacial score (nSPS) is 11.0. The molecule has 0 aliphatic heterocycles. The molecule has 1 amide bonds. The molecule has 3 rings (SSSR count). The summed E-state index contributed by atoms with van der Waals surface area (Å²) in [7, 11) is 5.56. The van der Waals surface area contributed by atoms with Gasteiger partial charge in [0.15, 0.2) is 10.8 Å². The summed E-state index contributed by atoms with van der Waals surface area (Å²) in [5, 5.41) is 12.3. The van der Waals surface area contributed by atoms with Gasteiger partial charge in [-0.1, -0.05) is 24.8 Å². The Morgan fingerprint density at radius 2 is 2.10 bits per heavy atom. The van der Waals surface area contributed by atoms with Gasteiger partial charge < -0.3 is 20.3 Å². The molecule has 0 radical (unpaired) electrons. The van der Waals surface area contributed by atoms with E-state index in [1.807, 2.05) is 43.3 Å². The SMILES string of the molecule is CCSc1nc(NCCOC)c2cnn(CCNC(=O)c3cccc(N(C)C)c3)c2n1. The highest BCUT2D eigenvalue weighted by molar-refractivity contribution is 7.99. The van der Waals surface area contributed by atoms with E-state index in [0.717, 1.165) is 28.3 Å². The first kappa shape index (κ1) is 22.8. The molecule has 0 spiro atoms. The summed E-state index contributed by atoms with van der Waals surface area (Å²) in [6.07, 6.45) is 1.76. The first-order valence-corrected chi connectivity index (χ1v) is 11.2. The quantitative estimate of drug-likeness (QED) is 0.265. The van der Waals surface area contributed by atoms with E-state index in [0.29, 0.717) is 37.0 Å². The van der Waals surface area contributed by atoms with Crippen LogP contribution in [0.25, 0.3) is 11.0 Å². The maximum atomic E-state index is 12.5. The molecule has 2 N–H and O–H groups in total. The van der Waals surface area contributed by atoms with Gasteiger partial charge in [0, 0.05) is 45.5 Å². The Morgan fingerprint density at radius 1 is 1.26 bits per heavy atom. The standard InChI is InChI=1S/C21H29N7O2S/c1-5-31-21-25-18(22-10-12-30-4)17-14-24-28(19(17)26-21)11-9-23-20(29)15-7-6-8-16(13-15)27(2)3/h6-8,13-14H,5,9-12H2,1-4H3,(H,23,29)(H,22,25,26). The maximum absolute atomic E-state index is 12.5. The summed E-state index contributed by atoms with van der Waals surface area (Å²) in [6.45, 7) is 4.24. The fraction of sp³-hybridized carbons (Fsp3) is 0.429. The molecule has 0 atom stereocenters. The van der Waals surface area contributed by atoms with Crippen molar-refractivity contribution in [3.05, 3.63) is 36.0 Å². The first-order valence-electron chi connectivity index (χ1n) is 10.2. The van der Waals surface area contributed by atoms with Crippen LogP contribution in [0.3, 0.4) is 0 Å². The summed E-state index contributed by atoms with van der Waals surface area (Å²) in [4.78, 5) is 23.8. The fourth-order valence-corrected chi connectivity index (χ4v) is 3.57. The Hall–Kier alpha value is -2.85. The molecule has 0 unspecified atom stereocenters. The van der Waals surface area contributed by atoms with Gasteiger partial charge in [-0.05, 0) is 24.0 Å². The summed E-state index contributed by atoms with van der Waals surface area (Å²) in [5.41, 5.74) is 2.36. The monoisotopic (exact) mass is 443 g/mol. The first-order chi connectivity index (χ1) is 15.0. The molecule has 0 aliphatic rings. The molecule has 31 heavy (non-hydrogen) atoms. The Morgan fingerprint density at radius 3 is 2.84 bits per heavy atom. The third-order valence-corrected chi connectivity index (χ3v) is 5.31. The van der Waals surface area contributed by atoms with Crippen LogP contribution < -0.4 is 15.5 Å². The second-order valence-corrected chi connectivity index (χ2v) is 8.24. The van der Waals surface area contributed by atoms with Crippen LogP contribution in [0.2, 0.25) is 0 Å². The lowest BCUT2D eigenvalue weighted by Crippen LogP contribution is -2.27. The number of thioether (sulfide) groups is 1. The molecular formula is C21H29N7O2S. The van der Waals surface area contributed by atoms with Crippen LogP contribution in [0.4, 0.5) is 11.5 Å². The Bertz CT molecular complexity index is 1020. The summed E-state index contributed by atoms with van der Waals surface area (Å²) in [6, 6.07) is 7.53. The predicted molar refractivity (Wildman–Crippen MR) is 125 cm³/mol. The number of amides is 1. The number of ether oxygens (including phenoxy) is 1. The lowest BCUT2D eigenvalue weighted by atomic mass is 10.2.